The summed E-state index contributed by atoms with van der Waals surface area (Å²) < 4.78 is 5.31. The van der Waals surface area contributed by atoms with Crippen molar-refractivity contribution in [1.29, 1.82) is 0 Å². The number of furan rings is 1. The van der Waals surface area contributed by atoms with Gasteiger partial charge in [-0.05, 0) is 49.0 Å². The van der Waals surface area contributed by atoms with Crippen LogP contribution in [0.3, 0.4) is 0 Å². The van der Waals surface area contributed by atoms with Gasteiger partial charge in [-0.3, -0.25) is 9.69 Å². The number of carbonyl (C=O) groups is 1. The van der Waals surface area contributed by atoms with Crippen molar-refractivity contribution >= 4 is 29.5 Å². The highest BCUT2D eigenvalue weighted by molar-refractivity contribution is 6.30. The summed E-state index contributed by atoms with van der Waals surface area (Å²) in [6.45, 7) is 1.26. The highest BCUT2D eigenvalue weighted by Crippen LogP contribution is 2.21. The average Bonchev–Trinajstić information content (AvgIpc) is 2.99. The van der Waals surface area contributed by atoms with E-state index in [1.807, 2.05) is 55.6 Å². The van der Waals surface area contributed by atoms with Crippen molar-refractivity contribution in [1.82, 2.24) is 4.90 Å². The molecule has 3 rings (SSSR count). The number of piperidine rings is 1. The van der Waals surface area contributed by atoms with Crippen LogP contribution in [0.25, 0.3) is 12.2 Å². The molecule has 4 heteroatoms. The van der Waals surface area contributed by atoms with Crippen LogP contribution in [0.2, 0.25) is 5.02 Å². The van der Waals surface area contributed by atoms with Crippen molar-refractivity contribution < 1.29 is 9.21 Å². The lowest BCUT2D eigenvalue weighted by molar-refractivity contribution is -0.113. The van der Waals surface area contributed by atoms with Gasteiger partial charge >= 0.3 is 0 Å². The summed E-state index contributed by atoms with van der Waals surface area (Å²) in [7, 11) is 2.00. The van der Waals surface area contributed by atoms with E-state index in [-0.39, 0.29) is 5.78 Å². The van der Waals surface area contributed by atoms with E-state index in [1.54, 1.807) is 6.26 Å². The van der Waals surface area contributed by atoms with Gasteiger partial charge in [0.1, 0.15) is 5.76 Å². The summed E-state index contributed by atoms with van der Waals surface area (Å²) in [6.07, 6.45) is 5.34. The molecule has 22 heavy (non-hydrogen) atoms. The number of ketones is 1. The van der Waals surface area contributed by atoms with E-state index < -0.39 is 0 Å². The molecule has 0 amide bonds. The largest absolute Gasteiger partial charge is 0.465 e. The molecule has 0 atom stereocenters. The van der Waals surface area contributed by atoms with Crippen LogP contribution in [0.15, 0.2) is 58.2 Å². The molecule has 112 valence electrons. The van der Waals surface area contributed by atoms with Gasteiger partial charge in [-0.2, -0.15) is 0 Å². The fraction of sp³-hybridized carbons (Fsp3) is 0.167. The zero-order valence-corrected chi connectivity index (χ0v) is 13.0. The first-order chi connectivity index (χ1) is 10.6. The van der Waals surface area contributed by atoms with Crippen molar-refractivity contribution in [2.75, 3.05) is 20.1 Å². The second-order valence-corrected chi connectivity index (χ2v) is 5.84. The molecule has 3 nitrogen and oxygen atoms in total. The van der Waals surface area contributed by atoms with Crippen molar-refractivity contribution in [2.45, 2.75) is 0 Å². The minimum absolute atomic E-state index is 0.0736. The number of benzene rings is 1. The molecule has 0 aliphatic carbocycles. The molecule has 0 unspecified atom stereocenters. The number of Topliss-reactive ketones (excluding diaryl/α,β-unsaturated/α-hetero) is 1. The van der Waals surface area contributed by atoms with Gasteiger partial charge in [0, 0.05) is 29.3 Å². The molecule has 1 aromatic carbocycles. The van der Waals surface area contributed by atoms with Crippen molar-refractivity contribution in [3.63, 3.8) is 0 Å². The van der Waals surface area contributed by atoms with Crippen LogP contribution in [0, 0.1) is 0 Å². The zero-order chi connectivity index (χ0) is 15.5. The lowest BCUT2D eigenvalue weighted by atomic mass is 9.95. The molecule has 2 aromatic rings. The van der Waals surface area contributed by atoms with Crippen LogP contribution in [0.5, 0.6) is 0 Å². The van der Waals surface area contributed by atoms with E-state index in [0.29, 0.717) is 23.9 Å². The quantitative estimate of drug-likeness (QED) is 0.788. The number of hydrogen-bond acceptors (Lipinski definition) is 3. The summed E-state index contributed by atoms with van der Waals surface area (Å²) in [4.78, 5) is 14.7. The molecular weight excluding hydrogens is 298 g/mol. The minimum atomic E-state index is 0.0736. The summed E-state index contributed by atoms with van der Waals surface area (Å²) in [5.74, 6) is 0.772. The molecule has 0 radical (unpaired) electrons. The number of rotatable bonds is 2. The fourth-order valence-electron chi connectivity index (χ4n) is 2.52. The highest BCUT2D eigenvalue weighted by atomic mass is 35.5. The van der Waals surface area contributed by atoms with Crippen molar-refractivity contribution in [3.8, 4) is 0 Å². The maximum absolute atomic E-state index is 12.6. The Morgan fingerprint density at radius 1 is 1.09 bits per heavy atom. The third kappa shape index (κ3) is 3.38. The number of carbonyl (C=O) groups excluding carboxylic acids is 1. The highest BCUT2D eigenvalue weighted by Gasteiger charge is 2.24. The van der Waals surface area contributed by atoms with Crippen LogP contribution in [-0.4, -0.2) is 30.8 Å². The summed E-state index contributed by atoms with van der Waals surface area (Å²) >= 11 is 5.89. The molecular formula is C18H16ClNO2. The maximum atomic E-state index is 12.6. The predicted molar refractivity (Wildman–Crippen MR) is 88.6 cm³/mol. The molecule has 0 bridgehead atoms. The zero-order valence-electron chi connectivity index (χ0n) is 12.3. The van der Waals surface area contributed by atoms with E-state index in [1.165, 1.54) is 0 Å². The monoisotopic (exact) mass is 313 g/mol. The van der Waals surface area contributed by atoms with Gasteiger partial charge in [0.15, 0.2) is 5.78 Å². The number of nitrogens with zero attached hydrogens (tertiary/aromatic N) is 1. The van der Waals surface area contributed by atoms with E-state index in [4.69, 9.17) is 16.0 Å². The fourth-order valence-corrected chi connectivity index (χ4v) is 2.64. The van der Waals surface area contributed by atoms with Crippen LogP contribution in [-0.2, 0) is 4.79 Å². The topological polar surface area (TPSA) is 33.5 Å². The third-order valence-corrected chi connectivity index (χ3v) is 3.79. The third-order valence-electron chi connectivity index (χ3n) is 3.53. The first kappa shape index (κ1) is 14.8. The Bertz CT molecular complexity index is 727. The summed E-state index contributed by atoms with van der Waals surface area (Å²) in [5, 5.41) is 0.688. The molecule has 1 aliphatic rings. The van der Waals surface area contributed by atoms with E-state index in [2.05, 4.69) is 4.90 Å². The number of halogens is 1. The number of likely N-dealkylation sites (tertiary alicyclic amines) is 1. The molecule has 2 heterocycles. The van der Waals surface area contributed by atoms with Crippen LogP contribution < -0.4 is 0 Å². The number of hydrogen-bond donors (Lipinski definition) is 0. The summed E-state index contributed by atoms with van der Waals surface area (Å²) in [5.41, 5.74) is 2.48. The molecule has 0 N–H and O–H groups in total. The Morgan fingerprint density at radius 3 is 2.41 bits per heavy atom. The maximum Gasteiger partial charge on any atom is 0.187 e. The molecule has 1 aliphatic heterocycles. The molecule has 0 spiro atoms. The Kier molecular flexibility index (Phi) is 4.27. The van der Waals surface area contributed by atoms with Gasteiger partial charge in [-0.25, -0.2) is 0 Å². The smallest absolute Gasteiger partial charge is 0.187 e. The Labute approximate surface area is 134 Å². The van der Waals surface area contributed by atoms with Crippen LogP contribution in [0.1, 0.15) is 11.3 Å². The predicted octanol–water partition coefficient (Wildman–Crippen LogP) is 3.91. The Hall–Kier alpha value is -2.10. The normalized spacial score (nSPS) is 20.0. The molecule has 0 saturated carbocycles. The van der Waals surface area contributed by atoms with Crippen LogP contribution >= 0.6 is 11.6 Å². The van der Waals surface area contributed by atoms with E-state index >= 15 is 0 Å². The Balaban J connectivity index is 1.91. The van der Waals surface area contributed by atoms with Crippen molar-refractivity contribution in [3.05, 3.63) is 70.2 Å². The van der Waals surface area contributed by atoms with Gasteiger partial charge in [0.25, 0.3) is 0 Å². The number of likely N-dealkylation sites (N-methyl/N-ethyl adjacent to an activating group) is 1. The SMILES string of the molecule is CN1C/C(=C\c2ccc(Cl)cc2)C(=O)/C(=C/c2ccco2)C1. The first-order valence-electron chi connectivity index (χ1n) is 7.05. The van der Waals surface area contributed by atoms with Gasteiger partial charge in [-0.1, -0.05) is 23.7 Å². The minimum Gasteiger partial charge on any atom is -0.465 e. The molecule has 1 aromatic heterocycles. The second kappa shape index (κ2) is 6.34. The Morgan fingerprint density at radius 2 is 1.77 bits per heavy atom. The van der Waals surface area contributed by atoms with E-state index in [0.717, 1.165) is 16.7 Å². The standard InChI is InChI=1S/C18H16ClNO2/c1-20-11-14(9-13-4-6-16(19)7-5-13)18(21)15(12-20)10-17-3-2-8-22-17/h2-10H,11-12H2,1H3/b14-9+,15-10+. The molecule has 1 saturated heterocycles. The lowest BCUT2D eigenvalue weighted by Gasteiger charge is -2.25. The second-order valence-electron chi connectivity index (χ2n) is 5.41. The van der Waals surface area contributed by atoms with Gasteiger partial charge in [0.2, 0.25) is 0 Å². The lowest BCUT2D eigenvalue weighted by Crippen LogP contribution is -2.34. The van der Waals surface area contributed by atoms with Gasteiger partial charge in [0.05, 0.1) is 6.26 Å². The van der Waals surface area contributed by atoms with Crippen LogP contribution in [0.4, 0.5) is 0 Å². The van der Waals surface area contributed by atoms with Crippen molar-refractivity contribution in [2.24, 2.45) is 0 Å². The first-order valence-corrected chi connectivity index (χ1v) is 7.43. The van der Waals surface area contributed by atoms with Gasteiger partial charge < -0.3 is 4.42 Å². The molecule has 1 fully saturated rings. The summed E-state index contributed by atoms with van der Waals surface area (Å²) in [6, 6.07) is 11.1. The van der Waals surface area contributed by atoms with Gasteiger partial charge in [-0.15, -0.1) is 0 Å². The average molecular weight is 314 g/mol. The van der Waals surface area contributed by atoms with E-state index in [9.17, 15) is 4.79 Å².